The van der Waals surface area contributed by atoms with Gasteiger partial charge in [-0.2, -0.15) is 0 Å². The molecule has 0 aromatic carbocycles. The summed E-state index contributed by atoms with van der Waals surface area (Å²) in [5.74, 6) is 0.829. The van der Waals surface area contributed by atoms with E-state index >= 15 is 0 Å². The molecule has 8 heteroatoms. The Morgan fingerprint density at radius 3 is 2.70 bits per heavy atom. The van der Waals surface area contributed by atoms with Crippen molar-refractivity contribution in [2.24, 2.45) is 4.99 Å². The minimum absolute atomic E-state index is 0. The van der Waals surface area contributed by atoms with Crippen LogP contribution in [-0.4, -0.2) is 68.8 Å². The topological polar surface area (TPSA) is 61.8 Å². The van der Waals surface area contributed by atoms with Crippen molar-refractivity contribution in [3.63, 3.8) is 0 Å². The number of halogens is 2. The molecule has 0 unspecified atom stereocenters. The predicted molar refractivity (Wildman–Crippen MR) is 105 cm³/mol. The summed E-state index contributed by atoms with van der Waals surface area (Å²) in [6.07, 6.45) is 2.69. The molecule has 0 aliphatic carbocycles. The maximum Gasteiger partial charge on any atom is 0.191 e. The number of hydrogen-bond acceptors (Lipinski definition) is 4. The Hall–Kier alpha value is -0.640. The van der Waals surface area contributed by atoms with Gasteiger partial charge in [-0.15, -0.1) is 24.0 Å². The van der Waals surface area contributed by atoms with Gasteiger partial charge >= 0.3 is 0 Å². The number of aliphatic imine (C=N–C) groups is 1. The lowest BCUT2D eigenvalue weighted by Crippen LogP contribution is -2.44. The Morgan fingerprint density at radius 1 is 1.30 bits per heavy atom. The second kappa shape index (κ2) is 11.8. The lowest BCUT2D eigenvalue weighted by molar-refractivity contribution is 0.0389. The van der Waals surface area contributed by atoms with Crippen molar-refractivity contribution < 1.29 is 4.74 Å². The van der Waals surface area contributed by atoms with Crippen LogP contribution in [0.15, 0.2) is 23.3 Å². The lowest BCUT2D eigenvalue weighted by atomic mass is 10.2. The fourth-order valence-corrected chi connectivity index (χ4v) is 2.37. The fraction of sp³-hybridized carbons (Fsp3) is 0.600. The summed E-state index contributed by atoms with van der Waals surface area (Å²) >= 11 is 5.77. The summed E-state index contributed by atoms with van der Waals surface area (Å²) in [5.41, 5.74) is 1.15. The van der Waals surface area contributed by atoms with E-state index in [9.17, 15) is 0 Å². The van der Waals surface area contributed by atoms with Crippen LogP contribution in [-0.2, 0) is 11.2 Å². The molecule has 0 atom stereocenters. The first-order chi connectivity index (χ1) is 10.8. The third-order valence-electron chi connectivity index (χ3n) is 3.54. The highest BCUT2D eigenvalue weighted by molar-refractivity contribution is 14.0. The molecule has 1 aliphatic heterocycles. The number of morpholine rings is 1. The average molecular weight is 454 g/mol. The van der Waals surface area contributed by atoms with E-state index in [2.05, 4.69) is 25.5 Å². The Balaban J connectivity index is 0.00000264. The molecular weight excluding hydrogens is 429 g/mol. The third kappa shape index (κ3) is 8.14. The first-order valence-electron chi connectivity index (χ1n) is 7.63. The Kier molecular flexibility index (Phi) is 10.5. The summed E-state index contributed by atoms with van der Waals surface area (Å²) in [6, 6.07) is 3.80. The minimum Gasteiger partial charge on any atom is -0.379 e. The smallest absolute Gasteiger partial charge is 0.191 e. The van der Waals surface area contributed by atoms with Crippen molar-refractivity contribution in [1.29, 1.82) is 0 Å². The van der Waals surface area contributed by atoms with E-state index in [-0.39, 0.29) is 24.0 Å². The second-order valence-electron chi connectivity index (χ2n) is 5.12. The van der Waals surface area contributed by atoms with E-state index in [1.807, 2.05) is 12.1 Å². The van der Waals surface area contributed by atoms with Gasteiger partial charge in [0.1, 0.15) is 5.15 Å². The van der Waals surface area contributed by atoms with E-state index in [1.165, 1.54) is 0 Å². The first-order valence-corrected chi connectivity index (χ1v) is 8.01. The zero-order chi connectivity index (χ0) is 15.6. The molecule has 0 saturated carbocycles. The number of hydrogen-bond donors (Lipinski definition) is 2. The van der Waals surface area contributed by atoms with E-state index in [1.54, 1.807) is 13.2 Å². The minimum atomic E-state index is 0. The van der Waals surface area contributed by atoms with E-state index in [4.69, 9.17) is 16.3 Å². The van der Waals surface area contributed by atoms with E-state index < -0.39 is 0 Å². The van der Waals surface area contributed by atoms with Gasteiger partial charge in [-0.05, 0) is 18.1 Å². The molecule has 1 aromatic heterocycles. The zero-order valence-electron chi connectivity index (χ0n) is 13.4. The highest BCUT2D eigenvalue weighted by Crippen LogP contribution is 2.05. The van der Waals surface area contributed by atoms with Gasteiger partial charge in [0.2, 0.25) is 0 Å². The van der Waals surface area contributed by atoms with Gasteiger partial charge in [0, 0.05) is 46.0 Å². The van der Waals surface area contributed by atoms with Crippen molar-refractivity contribution in [3.05, 3.63) is 29.0 Å². The summed E-state index contributed by atoms with van der Waals surface area (Å²) in [5, 5.41) is 7.16. The summed E-state index contributed by atoms with van der Waals surface area (Å²) < 4.78 is 5.34. The first kappa shape index (κ1) is 20.4. The molecule has 0 radical (unpaired) electrons. The fourth-order valence-electron chi connectivity index (χ4n) is 2.26. The van der Waals surface area contributed by atoms with Crippen LogP contribution < -0.4 is 10.6 Å². The molecule has 6 nitrogen and oxygen atoms in total. The monoisotopic (exact) mass is 453 g/mol. The maximum atomic E-state index is 5.77. The number of ether oxygens (including phenoxy) is 1. The average Bonchev–Trinajstić information content (AvgIpc) is 2.56. The van der Waals surface area contributed by atoms with E-state index in [0.29, 0.717) is 5.15 Å². The Labute approximate surface area is 160 Å². The molecule has 2 N–H and O–H groups in total. The number of pyridine rings is 1. The summed E-state index contributed by atoms with van der Waals surface area (Å²) in [4.78, 5) is 10.7. The lowest BCUT2D eigenvalue weighted by Gasteiger charge is -2.26. The second-order valence-corrected chi connectivity index (χ2v) is 5.51. The number of guanidine groups is 1. The van der Waals surface area contributed by atoms with Crippen molar-refractivity contribution in [2.45, 2.75) is 6.42 Å². The molecule has 0 bridgehead atoms. The number of rotatable bonds is 6. The molecule has 1 aromatic rings. The number of nitrogens with zero attached hydrogens (tertiary/aromatic N) is 3. The van der Waals surface area contributed by atoms with Crippen LogP contribution in [0.2, 0.25) is 5.15 Å². The Morgan fingerprint density at radius 2 is 2.04 bits per heavy atom. The van der Waals surface area contributed by atoms with Crippen molar-refractivity contribution in [3.8, 4) is 0 Å². The van der Waals surface area contributed by atoms with Crippen LogP contribution in [0.25, 0.3) is 0 Å². The molecule has 1 aliphatic rings. The molecular formula is C15H25ClIN5O. The maximum absolute atomic E-state index is 5.77. The molecule has 23 heavy (non-hydrogen) atoms. The predicted octanol–water partition coefficient (Wildman–Crippen LogP) is 1.39. The molecule has 2 heterocycles. The van der Waals surface area contributed by atoms with Crippen LogP contribution in [0, 0.1) is 0 Å². The Bertz CT molecular complexity index is 465. The van der Waals surface area contributed by atoms with Gasteiger partial charge in [-0.3, -0.25) is 9.89 Å². The van der Waals surface area contributed by atoms with Crippen molar-refractivity contribution >= 4 is 41.5 Å². The van der Waals surface area contributed by atoms with Gasteiger partial charge in [-0.1, -0.05) is 17.7 Å². The van der Waals surface area contributed by atoms with Crippen LogP contribution in [0.5, 0.6) is 0 Å². The molecule has 1 saturated heterocycles. The molecule has 2 rings (SSSR count). The van der Waals surface area contributed by atoms with Crippen molar-refractivity contribution in [2.75, 3.05) is 53.0 Å². The van der Waals surface area contributed by atoms with Crippen LogP contribution in [0.3, 0.4) is 0 Å². The number of nitrogens with one attached hydrogen (secondary N) is 2. The van der Waals surface area contributed by atoms with Gasteiger partial charge < -0.3 is 15.4 Å². The number of aromatic nitrogens is 1. The van der Waals surface area contributed by atoms with Gasteiger partial charge in [0.15, 0.2) is 5.96 Å². The molecule has 0 amide bonds. The van der Waals surface area contributed by atoms with Gasteiger partial charge in [-0.25, -0.2) is 4.98 Å². The van der Waals surface area contributed by atoms with Gasteiger partial charge in [0.25, 0.3) is 0 Å². The van der Waals surface area contributed by atoms with Crippen LogP contribution >= 0.6 is 35.6 Å². The standard InChI is InChI=1S/C15H24ClN5O.HI/c1-17-15(19-6-7-21-8-10-22-11-9-21)18-5-4-13-2-3-14(16)20-12-13;/h2-3,12H,4-11H2,1H3,(H2,17,18,19);1H. The van der Waals surface area contributed by atoms with E-state index in [0.717, 1.165) is 63.9 Å². The normalized spacial score (nSPS) is 15.8. The van der Waals surface area contributed by atoms with Crippen molar-refractivity contribution in [1.82, 2.24) is 20.5 Å². The van der Waals surface area contributed by atoms with Crippen LogP contribution in [0.1, 0.15) is 5.56 Å². The molecule has 130 valence electrons. The summed E-state index contributed by atoms with van der Waals surface area (Å²) in [6.45, 7) is 6.38. The highest BCUT2D eigenvalue weighted by Gasteiger charge is 2.09. The van der Waals surface area contributed by atoms with Gasteiger partial charge in [0.05, 0.1) is 13.2 Å². The third-order valence-corrected chi connectivity index (χ3v) is 3.77. The molecule has 1 fully saturated rings. The summed E-state index contributed by atoms with van der Waals surface area (Å²) in [7, 11) is 1.79. The van der Waals surface area contributed by atoms with Crippen LogP contribution in [0.4, 0.5) is 0 Å². The zero-order valence-corrected chi connectivity index (χ0v) is 16.5. The quantitative estimate of drug-likeness (QED) is 0.295. The SMILES string of the molecule is CN=C(NCCc1ccc(Cl)nc1)NCCN1CCOCC1.I. The highest BCUT2D eigenvalue weighted by atomic mass is 127. The molecule has 0 spiro atoms. The largest absolute Gasteiger partial charge is 0.379 e.